The number of carbonyl (C=O) groups excluding carboxylic acids is 2. The van der Waals surface area contributed by atoms with Crippen LogP contribution in [0.2, 0.25) is 0 Å². The zero-order chi connectivity index (χ0) is 37.6. The number of hydrogen-bond donors (Lipinski definition) is 0. The average Bonchev–Trinajstić information content (AvgIpc) is 3.67. The van der Waals surface area contributed by atoms with Crippen LogP contribution in [0.5, 0.6) is 0 Å². The van der Waals surface area contributed by atoms with Crippen molar-refractivity contribution >= 4 is 11.9 Å². The molecule has 308 valence electrons. The van der Waals surface area contributed by atoms with Crippen molar-refractivity contribution < 1.29 is 19.1 Å². The molecular formula is C46H90N2O4. The van der Waals surface area contributed by atoms with E-state index in [0.717, 1.165) is 44.4 Å². The molecule has 0 unspecified atom stereocenters. The highest BCUT2D eigenvalue weighted by Gasteiger charge is 2.13. The Morgan fingerprint density at radius 3 is 1.42 bits per heavy atom. The molecular weight excluding hydrogens is 645 g/mol. The Hall–Kier alpha value is -1.14. The average molecular weight is 735 g/mol. The number of nitrogens with zero attached hydrogens (tertiary/aromatic N) is 2. The highest BCUT2D eigenvalue weighted by atomic mass is 16.5. The van der Waals surface area contributed by atoms with Crippen molar-refractivity contribution in [1.82, 2.24) is 9.80 Å². The second-order valence-electron chi connectivity index (χ2n) is 16.3. The van der Waals surface area contributed by atoms with E-state index in [-0.39, 0.29) is 11.9 Å². The Balaban J connectivity index is 2.12. The summed E-state index contributed by atoms with van der Waals surface area (Å²) < 4.78 is 11.1. The summed E-state index contributed by atoms with van der Waals surface area (Å²) in [7, 11) is 0. The van der Waals surface area contributed by atoms with Gasteiger partial charge in [0.2, 0.25) is 0 Å². The van der Waals surface area contributed by atoms with E-state index in [1.165, 1.54) is 193 Å². The third-order valence-electron chi connectivity index (χ3n) is 11.3. The largest absolute Gasteiger partial charge is 0.466 e. The standard InChI is InChI=1S/C46H90N2O4/c1-4-7-10-11-12-19-28-42-51-45(49)34-22-15-13-17-24-36-47(40-30-41-48-38-26-27-39-48)37-25-18-14-16-23-35-46(50)52-43-29-33-44(31-20-8-5-2)32-21-9-6-3/h44H,4-43H2,1-3H3. The highest BCUT2D eigenvalue weighted by molar-refractivity contribution is 5.69. The molecule has 0 amide bonds. The van der Waals surface area contributed by atoms with E-state index in [9.17, 15) is 9.59 Å². The number of esters is 2. The fourth-order valence-corrected chi connectivity index (χ4v) is 7.88. The van der Waals surface area contributed by atoms with E-state index in [2.05, 4.69) is 30.6 Å². The molecule has 0 aliphatic carbocycles. The summed E-state index contributed by atoms with van der Waals surface area (Å²) in [5.41, 5.74) is 0. The number of hydrogen-bond acceptors (Lipinski definition) is 6. The maximum absolute atomic E-state index is 12.3. The number of rotatable bonds is 40. The maximum Gasteiger partial charge on any atom is 0.305 e. The molecule has 0 radical (unpaired) electrons. The molecule has 1 heterocycles. The van der Waals surface area contributed by atoms with E-state index < -0.39 is 0 Å². The van der Waals surface area contributed by atoms with Gasteiger partial charge in [-0.05, 0) is 109 Å². The fourth-order valence-electron chi connectivity index (χ4n) is 7.88. The minimum atomic E-state index is -0.0000176. The van der Waals surface area contributed by atoms with Crippen molar-refractivity contribution in [2.24, 2.45) is 5.92 Å². The normalized spacial score (nSPS) is 13.5. The SMILES string of the molecule is CCCCCCCCCOC(=O)CCCCCCCN(CCCCCCCC(=O)OCCCC(CCCCC)CCCCC)CCCN1CCCC1. The first-order valence-corrected chi connectivity index (χ1v) is 23.3. The molecule has 6 heteroatoms. The van der Waals surface area contributed by atoms with E-state index in [1.807, 2.05) is 0 Å². The van der Waals surface area contributed by atoms with Crippen LogP contribution >= 0.6 is 0 Å². The molecule has 0 aromatic heterocycles. The predicted molar refractivity (Wildman–Crippen MR) is 223 cm³/mol. The summed E-state index contributed by atoms with van der Waals surface area (Å²) >= 11 is 0. The molecule has 6 nitrogen and oxygen atoms in total. The van der Waals surface area contributed by atoms with Gasteiger partial charge in [0.05, 0.1) is 13.2 Å². The lowest BCUT2D eigenvalue weighted by Gasteiger charge is -2.24. The third-order valence-corrected chi connectivity index (χ3v) is 11.3. The number of likely N-dealkylation sites (tertiary alicyclic amines) is 1. The lowest BCUT2D eigenvalue weighted by molar-refractivity contribution is -0.144. The quantitative estimate of drug-likeness (QED) is 0.0461. The van der Waals surface area contributed by atoms with Gasteiger partial charge in [0.25, 0.3) is 0 Å². The molecule has 1 aliphatic rings. The van der Waals surface area contributed by atoms with Gasteiger partial charge in [-0.1, -0.05) is 149 Å². The van der Waals surface area contributed by atoms with Gasteiger partial charge >= 0.3 is 11.9 Å². The lowest BCUT2D eigenvalue weighted by atomic mass is 9.91. The molecule has 0 bridgehead atoms. The summed E-state index contributed by atoms with van der Waals surface area (Å²) in [4.78, 5) is 29.8. The van der Waals surface area contributed by atoms with E-state index >= 15 is 0 Å². The molecule has 1 fully saturated rings. The second kappa shape index (κ2) is 38.1. The van der Waals surface area contributed by atoms with Gasteiger partial charge in [-0.15, -0.1) is 0 Å². The first kappa shape index (κ1) is 48.9. The molecule has 0 spiro atoms. The molecule has 0 aromatic rings. The third kappa shape index (κ3) is 32.3. The van der Waals surface area contributed by atoms with Crippen LogP contribution in [0.4, 0.5) is 0 Å². The van der Waals surface area contributed by atoms with Gasteiger partial charge < -0.3 is 19.3 Å². The summed E-state index contributed by atoms with van der Waals surface area (Å²) in [6.07, 6.45) is 38.5. The van der Waals surface area contributed by atoms with E-state index in [1.54, 1.807) is 0 Å². The zero-order valence-electron chi connectivity index (χ0n) is 35.4. The zero-order valence-corrected chi connectivity index (χ0v) is 35.4. The Morgan fingerprint density at radius 2 is 0.885 bits per heavy atom. The molecule has 52 heavy (non-hydrogen) atoms. The molecule has 0 aromatic carbocycles. The van der Waals surface area contributed by atoms with Gasteiger partial charge in [0.1, 0.15) is 0 Å². The first-order valence-electron chi connectivity index (χ1n) is 23.3. The molecule has 1 rings (SSSR count). The van der Waals surface area contributed by atoms with E-state index in [4.69, 9.17) is 9.47 Å². The summed E-state index contributed by atoms with van der Waals surface area (Å²) in [6.45, 7) is 15.5. The minimum absolute atomic E-state index is 0.0000176. The Kier molecular flexibility index (Phi) is 35.9. The summed E-state index contributed by atoms with van der Waals surface area (Å²) in [6, 6.07) is 0. The van der Waals surface area contributed by atoms with Gasteiger partial charge in [0, 0.05) is 12.8 Å². The van der Waals surface area contributed by atoms with Crippen LogP contribution in [0.15, 0.2) is 0 Å². The van der Waals surface area contributed by atoms with E-state index in [0.29, 0.717) is 26.1 Å². The summed E-state index contributed by atoms with van der Waals surface area (Å²) in [5.74, 6) is 0.826. The van der Waals surface area contributed by atoms with Crippen LogP contribution in [-0.2, 0) is 19.1 Å². The Morgan fingerprint density at radius 1 is 0.481 bits per heavy atom. The lowest BCUT2D eigenvalue weighted by Crippen LogP contribution is -2.30. The number of carbonyl (C=O) groups is 2. The van der Waals surface area contributed by atoms with Crippen LogP contribution in [-0.4, -0.2) is 74.2 Å². The number of unbranched alkanes of at least 4 members (excludes halogenated alkanes) is 18. The molecule has 0 N–H and O–H groups in total. The molecule has 1 aliphatic heterocycles. The highest BCUT2D eigenvalue weighted by Crippen LogP contribution is 2.22. The minimum Gasteiger partial charge on any atom is -0.466 e. The maximum atomic E-state index is 12.3. The second-order valence-corrected chi connectivity index (χ2v) is 16.3. The monoisotopic (exact) mass is 735 g/mol. The number of ether oxygens (including phenoxy) is 2. The van der Waals surface area contributed by atoms with Crippen LogP contribution in [0.3, 0.4) is 0 Å². The molecule has 0 atom stereocenters. The predicted octanol–water partition coefficient (Wildman–Crippen LogP) is 12.8. The van der Waals surface area contributed by atoms with Crippen LogP contribution < -0.4 is 0 Å². The Bertz CT molecular complexity index is 761. The van der Waals surface area contributed by atoms with Crippen molar-refractivity contribution in [3.63, 3.8) is 0 Å². The fraction of sp³-hybridized carbons (Fsp3) is 0.957. The van der Waals surface area contributed by atoms with Gasteiger partial charge in [0.15, 0.2) is 0 Å². The molecule has 0 saturated carbocycles. The molecule has 1 saturated heterocycles. The van der Waals surface area contributed by atoms with Gasteiger partial charge in [-0.25, -0.2) is 0 Å². The van der Waals surface area contributed by atoms with Crippen molar-refractivity contribution in [3.8, 4) is 0 Å². The van der Waals surface area contributed by atoms with Crippen LogP contribution in [0, 0.1) is 5.92 Å². The van der Waals surface area contributed by atoms with Gasteiger partial charge in [-0.2, -0.15) is 0 Å². The van der Waals surface area contributed by atoms with Crippen molar-refractivity contribution in [2.75, 3.05) is 52.5 Å². The summed E-state index contributed by atoms with van der Waals surface area (Å²) in [5, 5.41) is 0. The first-order chi connectivity index (χ1) is 25.6. The van der Waals surface area contributed by atoms with Gasteiger partial charge in [-0.3, -0.25) is 9.59 Å². The Labute approximate surface area is 324 Å². The van der Waals surface area contributed by atoms with Crippen LogP contribution in [0.25, 0.3) is 0 Å². The smallest absolute Gasteiger partial charge is 0.305 e. The van der Waals surface area contributed by atoms with Crippen LogP contribution in [0.1, 0.15) is 226 Å². The van der Waals surface area contributed by atoms with Crippen molar-refractivity contribution in [2.45, 2.75) is 226 Å². The van der Waals surface area contributed by atoms with Crippen molar-refractivity contribution in [1.29, 1.82) is 0 Å². The van der Waals surface area contributed by atoms with Crippen molar-refractivity contribution in [3.05, 3.63) is 0 Å². The topological polar surface area (TPSA) is 59.1 Å².